The third kappa shape index (κ3) is 2.90. The Morgan fingerprint density at radius 1 is 1.00 bits per heavy atom. The number of rotatable bonds is 2. The van der Waals surface area contributed by atoms with Crippen LogP contribution in [0.15, 0.2) is 70.7 Å². The molecule has 4 heteroatoms. The van der Waals surface area contributed by atoms with Crippen molar-refractivity contribution >= 4 is 11.5 Å². The average Bonchev–Trinajstić information content (AvgIpc) is 3.53. The van der Waals surface area contributed by atoms with Gasteiger partial charge in [0.05, 0.1) is 11.4 Å². The molecule has 5 rings (SSSR count). The Hall–Kier alpha value is -2.59. The predicted molar refractivity (Wildman–Crippen MR) is 106 cm³/mol. The van der Waals surface area contributed by atoms with Crippen molar-refractivity contribution in [2.24, 2.45) is 4.99 Å². The van der Waals surface area contributed by atoms with Crippen LogP contribution in [0.4, 0.5) is 0 Å². The number of piperazine rings is 1. The number of aliphatic imine (C=N–C) groups is 1. The number of nitrogens with one attached hydrogen (secondary N) is 1. The highest BCUT2D eigenvalue weighted by molar-refractivity contribution is 6.02. The highest BCUT2D eigenvalue weighted by Crippen LogP contribution is 2.39. The van der Waals surface area contributed by atoms with Crippen LogP contribution in [-0.4, -0.2) is 41.8 Å². The molecule has 0 radical (unpaired) electrons. The van der Waals surface area contributed by atoms with Crippen molar-refractivity contribution in [3.8, 4) is 0 Å². The fourth-order valence-corrected chi connectivity index (χ4v) is 3.69. The molecule has 4 nitrogen and oxygen atoms in total. The Bertz CT molecular complexity index is 871. The van der Waals surface area contributed by atoms with Gasteiger partial charge in [0, 0.05) is 43.6 Å². The van der Waals surface area contributed by atoms with Gasteiger partial charge in [-0.1, -0.05) is 29.8 Å². The van der Waals surface area contributed by atoms with E-state index in [0.717, 1.165) is 37.7 Å². The van der Waals surface area contributed by atoms with Gasteiger partial charge in [0.15, 0.2) is 0 Å². The van der Waals surface area contributed by atoms with Crippen molar-refractivity contribution in [2.45, 2.75) is 19.8 Å². The van der Waals surface area contributed by atoms with Gasteiger partial charge in [0.1, 0.15) is 5.84 Å². The van der Waals surface area contributed by atoms with Crippen molar-refractivity contribution < 1.29 is 0 Å². The Morgan fingerprint density at radius 3 is 2.50 bits per heavy atom. The summed E-state index contributed by atoms with van der Waals surface area (Å²) in [6.45, 7) is 6.35. The van der Waals surface area contributed by atoms with E-state index < -0.39 is 0 Å². The smallest absolute Gasteiger partial charge is 0.137 e. The second-order valence-corrected chi connectivity index (χ2v) is 7.35. The number of aryl methyl sites for hydroxylation is 1. The second kappa shape index (κ2) is 6.29. The van der Waals surface area contributed by atoms with Gasteiger partial charge in [-0.3, -0.25) is 4.90 Å². The summed E-state index contributed by atoms with van der Waals surface area (Å²) in [7, 11) is 0. The lowest BCUT2D eigenvalue weighted by atomic mass is 10.1. The Balaban J connectivity index is 1.50. The van der Waals surface area contributed by atoms with Crippen LogP contribution >= 0.6 is 0 Å². The van der Waals surface area contributed by atoms with Gasteiger partial charge in [-0.05, 0) is 43.6 Å². The highest BCUT2D eigenvalue weighted by atomic mass is 15.3. The number of fused-ring (bicyclic) bond motifs is 1. The molecule has 0 spiro atoms. The second-order valence-electron chi connectivity index (χ2n) is 7.35. The summed E-state index contributed by atoms with van der Waals surface area (Å²) in [5.41, 5.74) is 7.68. The van der Waals surface area contributed by atoms with E-state index in [4.69, 9.17) is 4.99 Å². The van der Waals surface area contributed by atoms with Gasteiger partial charge >= 0.3 is 0 Å². The zero-order valence-corrected chi connectivity index (χ0v) is 15.2. The molecule has 132 valence electrons. The van der Waals surface area contributed by atoms with E-state index >= 15 is 0 Å². The lowest BCUT2D eigenvalue weighted by Gasteiger charge is -2.35. The number of amidine groups is 1. The fourth-order valence-electron chi connectivity index (χ4n) is 3.69. The minimum absolute atomic E-state index is 1.02. The molecule has 0 amide bonds. The fraction of sp³-hybridized carbons (Fsp3) is 0.318. The Morgan fingerprint density at radius 2 is 1.77 bits per heavy atom. The van der Waals surface area contributed by atoms with Crippen LogP contribution in [0.2, 0.25) is 0 Å². The van der Waals surface area contributed by atoms with E-state index in [1.165, 1.54) is 40.9 Å². The maximum Gasteiger partial charge on any atom is 0.137 e. The van der Waals surface area contributed by atoms with Crippen LogP contribution < -0.4 is 5.32 Å². The van der Waals surface area contributed by atoms with E-state index in [1.807, 2.05) is 0 Å². The van der Waals surface area contributed by atoms with Crippen molar-refractivity contribution in [2.75, 3.05) is 26.2 Å². The topological polar surface area (TPSA) is 30.9 Å². The van der Waals surface area contributed by atoms with E-state index in [9.17, 15) is 0 Å². The molecule has 0 atom stereocenters. The summed E-state index contributed by atoms with van der Waals surface area (Å²) in [5, 5.41) is 3.43. The van der Waals surface area contributed by atoms with Gasteiger partial charge in [-0.2, -0.15) is 0 Å². The molecule has 1 N–H and O–H groups in total. The molecule has 1 saturated heterocycles. The molecule has 1 aliphatic carbocycles. The first-order chi connectivity index (χ1) is 12.8. The third-order valence-electron chi connectivity index (χ3n) is 5.37. The summed E-state index contributed by atoms with van der Waals surface area (Å²) >= 11 is 0. The Kier molecular flexibility index (Phi) is 3.79. The maximum absolute atomic E-state index is 4.95. The predicted octanol–water partition coefficient (Wildman–Crippen LogP) is 3.41. The summed E-state index contributed by atoms with van der Waals surface area (Å²) in [4.78, 5) is 9.70. The largest absolute Gasteiger partial charge is 0.368 e. The number of hydrogen-bond donors (Lipinski definition) is 1. The average molecular weight is 344 g/mol. The first-order valence-electron chi connectivity index (χ1n) is 9.52. The van der Waals surface area contributed by atoms with E-state index in [0.29, 0.717) is 0 Å². The van der Waals surface area contributed by atoms with Crippen molar-refractivity contribution in [3.63, 3.8) is 0 Å². The summed E-state index contributed by atoms with van der Waals surface area (Å²) < 4.78 is 0. The molecule has 1 saturated carbocycles. The molecule has 26 heavy (non-hydrogen) atoms. The monoisotopic (exact) mass is 344 g/mol. The number of hydrogen-bond acceptors (Lipinski definition) is 4. The molecule has 3 aliphatic heterocycles. The molecular weight excluding hydrogens is 320 g/mol. The van der Waals surface area contributed by atoms with Gasteiger partial charge in [-0.15, -0.1) is 0 Å². The standard InChI is InChI=1S/C22H24N4/c1-16-2-4-17(5-3-16)20-14-21(18-6-7-18)26-15-19(8-9-22(26)24-20)25-12-10-23-11-13-25/h2-5,8-9,14-15,23H,6-7,10-13H2,1H3. The summed E-state index contributed by atoms with van der Waals surface area (Å²) in [6.07, 6.45) is 11.3. The number of allylic oxidation sites excluding steroid dienone is 3. The van der Waals surface area contributed by atoms with E-state index in [-0.39, 0.29) is 0 Å². The molecule has 3 heterocycles. The van der Waals surface area contributed by atoms with Crippen molar-refractivity contribution in [1.82, 2.24) is 15.1 Å². The molecule has 2 fully saturated rings. The molecule has 0 unspecified atom stereocenters. The third-order valence-corrected chi connectivity index (χ3v) is 5.37. The van der Waals surface area contributed by atoms with Gasteiger partial charge in [-0.25, -0.2) is 4.99 Å². The lowest BCUT2D eigenvalue weighted by Crippen LogP contribution is -2.43. The van der Waals surface area contributed by atoms with Crippen LogP contribution in [0.1, 0.15) is 24.0 Å². The minimum atomic E-state index is 1.02. The summed E-state index contributed by atoms with van der Waals surface area (Å²) in [5.74, 6) is 1.02. The first kappa shape index (κ1) is 15.6. The zero-order chi connectivity index (χ0) is 17.5. The van der Waals surface area contributed by atoms with Crippen LogP contribution in [0.3, 0.4) is 0 Å². The Labute approximate surface area is 154 Å². The van der Waals surface area contributed by atoms with Crippen LogP contribution in [0.25, 0.3) is 5.70 Å². The minimum Gasteiger partial charge on any atom is -0.368 e. The normalized spacial score (nSPS) is 22.0. The van der Waals surface area contributed by atoms with Crippen LogP contribution in [-0.2, 0) is 0 Å². The molecular formula is C22H24N4. The van der Waals surface area contributed by atoms with Crippen LogP contribution in [0, 0.1) is 6.92 Å². The van der Waals surface area contributed by atoms with Gasteiger partial charge in [0.25, 0.3) is 0 Å². The first-order valence-corrected chi connectivity index (χ1v) is 9.52. The van der Waals surface area contributed by atoms with Crippen molar-refractivity contribution in [3.05, 3.63) is 76.8 Å². The molecule has 1 aromatic rings. The SMILES string of the molecule is Cc1ccc(C2=CC(=C3CC3)N3C=C(N4CCNCC4)C=CC3=N2)cc1. The lowest BCUT2D eigenvalue weighted by molar-refractivity contribution is 0.303. The molecule has 1 aromatic carbocycles. The van der Waals surface area contributed by atoms with Crippen LogP contribution in [0.5, 0.6) is 0 Å². The zero-order valence-electron chi connectivity index (χ0n) is 15.2. The maximum atomic E-state index is 4.95. The van der Waals surface area contributed by atoms with Gasteiger partial charge in [0.2, 0.25) is 0 Å². The highest BCUT2D eigenvalue weighted by Gasteiger charge is 2.28. The van der Waals surface area contributed by atoms with E-state index in [1.54, 1.807) is 0 Å². The number of benzene rings is 1. The summed E-state index contributed by atoms with van der Waals surface area (Å²) in [6, 6.07) is 8.66. The molecule has 4 aliphatic rings. The van der Waals surface area contributed by atoms with Gasteiger partial charge < -0.3 is 10.2 Å². The molecule has 0 bridgehead atoms. The van der Waals surface area contributed by atoms with Crippen molar-refractivity contribution in [1.29, 1.82) is 0 Å². The quantitative estimate of drug-likeness (QED) is 0.892. The number of nitrogens with zero attached hydrogens (tertiary/aromatic N) is 3. The van der Waals surface area contributed by atoms with E-state index in [2.05, 4.69) is 70.7 Å². The molecule has 0 aromatic heterocycles.